The summed E-state index contributed by atoms with van der Waals surface area (Å²) in [5, 5.41) is 7.41. The lowest BCUT2D eigenvalue weighted by Crippen LogP contribution is -2.38. The molecule has 1 aromatic heterocycles. The fourth-order valence-electron chi connectivity index (χ4n) is 2.72. The highest BCUT2D eigenvalue weighted by Gasteiger charge is 2.21. The Labute approximate surface area is 170 Å². The van der Waals surface area contributed by atoms with Crippen LogP contribution in [-0.4, -0.2) is 34.3 Å². The minimum atomic E-state index is -0.585. The molecule has 6 nitrogen and oxygen atoms in total. The molecule has 0 aliphatic carbocycles. The summed E-state index contributed by atoms with van der Waals surface area (Å²) in [7, 11) is 0. The van der Waals surface area contributed by atoms with Gasteiger partial charge in [0, 0.05) is 17.8 Å². The second kappa shape index (κ2) is 9.19. The number of rotatable bonds is 7. The third kappa shape index (κ3) is 5.10. The van der Waals surface area contributed by atoms with Crippen LogP contribution in [0.1, 0.15) is 31.1 Å². The Kier molecular flexibility index (Phi) is 6.44. The highest BCUT2D eigenvalue weighted by molar-refractivity contribution is 5.97. The van der Waals surface area contributed by atoms with E-state index in [-0.39, 0.29) is 18.6 Å². The summed E-state index contributed by atoms with van der Waals surface area (Å²) in [5.41, 5.74) is 2.44. The van der Waals surface area contributed by atoms with E-state index in [2.05, 4.69) is 10.4 Å². The molecule has 6 heteroatoms. The molecule has 0 saturated carbocycles. The molecule has 1 heterocycles. The largest absolute Gasteiger partial charge is 0.452 e. The van der Waals surface area contributed by atoms with Gasteiger partial charge in [0.15, 0.2) is 6.61 Å². The smallest absolute Gasteiger partial charge is 0.342 e. The molecule has 3 aromatic rings. The van der Waals surface area contributed by atoms with E-state index in [1.807, 2.05) is 81.4 Å². The third-order valence-electron chi connectivity index (χ3n) is 4.73. The molecule has 0 aliphatic rings. The van der Waals surface area contributed by atoms with E-state index >= 15 is 0 Å². The lowest BCUT2D eigenvalue weighted by atomic mass is 10.1. The fourth-order valence-corrected chi connectivity index (χ4v) is 2.72. The molecule has 1 atom stereocenters. The van der Waals surface area contributed by atoms with Gasteiger partial charge >= 0.3 is 5.97 Å². The number of benzene rings is 2. The summed E-state index contributed by atoms with van der Waals surface area (Å²) in [6.07, 6.45) is 1.63. The van der Waals surface area contributed by atoms with E-state index < -0.39 is 5.97 Å². The van der Waals surface area contributed by atoms with Crippen LogP contribution in [-0.2, 0) is 9.53 Å². The zero-order chi connectivity index (χ0) is 20.8. The second-order valence-electron chi connectivity index (χ2n) is 7.21. The molecule has 1 N–H and O–H groups in total. The molecule has 29 heavy (non-hydrogen) atoms. The van der Waals surface area contributed by atoms with Gasteiger partial charge in [0.2, 0.25) is 0 Å². The molecule has 3 rings (SSSR count). The van der Waals surface area contributed by atoms with Gasteiger partial charge in [-0.1, -0.05) is 62.4 Å². The topological polar surface area (TPSA) is 73.2 Å². The van der Waals surface area contributed by atoms with Crippen molar-refractivity contribution in [2.24, 2.45) is 5.92 Å². The summed E-state index contributed by atoms with van der Waals surface area (Å²) in [6.45, 7) is 5.62. The molecule has 0 unspecified atom stereocenters. The minimum Gasteiger partial charge on any atom is -0.452 e. The maximum atomic E-state index is 12.8. The number of nitrogens with zero attached hydrogens (tertiary/aromatic N) is 2. The van der Waals surface area contributed by atoms with Gasteiger partial charge in [-0.3, -0.25) is 4.79 Å². The van der Waals surface area contributed by atoms with Crippen molar-refractivity contribution in [2.45, 2.75) is 26.8 Å². The van der Waals surface area contributed by atoms with E-state index in [9.17, 15) is 9.59 Å². The van der Waals surface area contributed by atoms with Gasteiger partial charge in [-0.05, 0) is 25.0 Å². The van der Waals surface area contributed by atoms with E-state index in [1.165, 1.54) is 0 Å². The van der Waals surface area contributed by atoms with E-state index in [4.69, 9.17) is 4.74 Å². The van der Waals surface area contributed by atoms with Crippen molar-refractivity contribution in [3.63, 3.8) is 0 Å². The lowest BCUT2D eigenvalue weighted by Gasteiger charge is -2.17. The van der Waals surface area contributed by atoms with Crippen molar-refractivity contribution in [2.75, 3.05) is 6.61 Å². The van der Waals surface area contributed by atoms with Crippen LogP contribution in [0.5, 0.6) is 0 Å². The molecule has 150 valence electrons. The van der Waals surface area contributed by atoms with Gasteiger partial charge in [-0.2, -0.15) is 5.10 Å². The number of amides is 1. The Morgan fingerprint density at radius 3 is 2.24 bits per heavy atom. The quantitative estimate of drug-likeness (QED) is 0.621. The summed E-state index contributed by atoms with van der Waals surface area (Å²) in [4.78, 5) is 24.8. The maximum absolute atomic E-state index is 12.8. The molecule has 0 saturated heterocycles. The highest BCUT2D eigenvalue weighted by Crippen LogP contribution is 2.24. The number of aromatic nitrogens is 2. The van der Waals surface area contributed by atoms with E-state index in [1.54, 1.807) is 10.9 Å². The number of carbonyl (C=O) groups is 2. The van der Waals surface area contributed by atoms with Gasteiger partial charge in [-0.15, -0.1) is 0 Å². The van der Waals surface area contributed by atoms with E-state index in [0.29, 0.717) is 17.2 Å². The summed E-state index contributed by atoms with van der Waals surface area (Å²) < 4.78 is 6.92. The average molecular weight is 391 g/mol. The summed E-state index contributed by atoms with van der Waals surface area (Å²) >= 11 is 0. The SMILES string of the molecule is CC(C)[C@@H](C)NC(=O)COC(=O)c1cn(-c2ccccc2)nc1-c1ccccc1. The van der Waals surface area contributed by atoms with Crippen molar-refractivity contribution in [3.05, 3.63) is 72.4 Å². The van der Waals surface area contributed by atoms with Crippen molar-refractivity contribution < 1.29 is 14.3 Å². The molecule has 0 aliphatic heterocycles. The van der Waals surface area contributed by atoms with Crippen LogP contribution in [0.2, 0.25) is 0 Å². The monoisotopic (exact) mass is 391 g/mol. The predicted molar refractivity (Wildman–Crippen MR) is 112 cm³/mol. The number of para-hydroxylation sites is 1. The van der Waals surface area contributed by atoms with Crippen LogP contribution in [0, 0.1) is 5.92 Å². The first kappa shape index (κ1) is 20.3. The van der Waals surface area contributed by atoms with Crippen LogP contribution in [0.15, 0.2) is 66.9 Å². The number of hydrogen-bond acceptors (Lipinski definition) is 4. The van der Waals surface area contributed by atoms with Gasteiger partial charge < -0.3 is 10.1 Å². The van der Waals surface area contributed by atoms with Crippen molar-refractivity contribution >= 4 is 11.9 Å². The van der Waals surface area contributed by atoms with Crippen molar-refractivity contribution in [1.29, 1.82) is 0 Å². The predicted octanol–water partition coefficient (Wildman–Crippen LogP) is 3.86. The first-order valence-electron chi connectivity index (χ1n) is 9.62. The average Bonchev–Trinajstić information content (AvgIpc) is 3.19. The van der Waals surface area contributed by atoms with E-state index in [0.717, 1.165) is 11.3 Å². The van der Waals surface area contributed by atoms with Crippen LogP contribution < -0.4 is 5.32 Å². The molecule has 0 radical (unpaired) electrons. The zero-order valence-corrected chi connectivity index (χ0v) is 16.8. The highest BCUT2D eigenvalue weighted by atomic mass is 16.5. The molecular formula is C23H25N3O3. The Hall–Kier alpha value is -3.41. The molecule has 0 spiro atoms. The minimum absolute atomic E-state index is 0.00177. The van der Waals surface area contributed by atoms with Gasteiger partial charge in [0.25, 0.3) is 5.91 Å². The van der Waals surface area contributed by atoms with Crippen molar-refractivity contribution in [1.82, 2.24) is 15.1 Å². The van der Waals surface area contributed by atoms with Gasteiger partial charge in [0.1, 0.15) is 11.3 Å². The number of ether oxygens (including phenoxy) is 1. The van der Waals surface area contributed by atoms with Gasteiger partial charge in [-0.25, -0.2) is 9.48 Å². The van der Waals surface area contributed by atoms with Crippen LogP contribution >= 0.6 is 0 Å². The number of nitrogens with one attached hydrogen (secondary N) is 1. The number of esters is 1. The first-order valence-corrected chi connectivity index (χ1v) is 9.62. The Balaban J connectivity index is 1.82. The maximum Gasteiger partial charge on any atom is 0.342 e. The standard InChI is InChI=1S/C23H25N3O3/c1-16(2)17(3)24-21(27)15-29-23(28)20-14-26(19-12-8-5-9-13-19)25-22(20)18-10-6-4-7-11-18/h4-14,16-17H,15H2,1-3H3,(H,24,27)/t17-/m1/s1. The Bertz CT molecular complexity index is 966. The molecule has 0 bridgehead atoms. The molecule has 2 aromatic carbocycles. The number of hydrogen-bond donors (Lipinski definition) is 1. The normalized spacial score (nSPS) is 11.9. The van der Waals surface area contributed by atoms with Crippen LogP contribution in [0.4, 0.5) is 0 Å². The third-order valence-corrected chi connectivity index (χ3v) is 4.73. The molecule has 1 amide bonds. The van der Waals surface area contributed by atoms with Crippen LogP contribution in [0.3, 0.4) is 0 Å². The molecular weight excluding hydrogens is 366 g/mol. The fraction of sp³-hybridized carbons (Fsp3) is 0.261. The zero-order valence-electron chi connectivity index (χ0n) is 16.8. The second-order valence-corrected chi connectivity index (χ2v) is 7.21. The lowest BCUT2D eigenvalue weighted by molar-refractivity contribution is -0.125. The van der Waals surface area contributed by atoms with Crippen LogP contribution in [0.25, 0.3) is 16.9 Å². The number of carbonyl (C=O) groups excluding carboxylic acids is 2. The van der Waals surface area contributed by atoms with Crippen molar-refractivity contribution in [3.8, 4) is 16.9 Å². The molecule has 0 fully saturated rings. The Morgan fingerprint density at radius 1 is 1.00 bits per heavy atom. The first-order chi connectivity index (χ1) is 14.0. The summed E-state index contributed by atoms with van der Waals surface area (Å²) in [6, 6.07) is 18.9. The van der Waals surface area contributed by atoms with Gasteiger partial charge in [0.05, 0.1) is 5.69 Å². The Morgan fingerprint density at radius 2 is 1.62 bits per heavy atom. The summed E-state index contributed by atoms with van der Waals surface area (Å²) in [5.74, 6) is -0.613.